The van der Waals surface area contributed by atoms with Gasteiger partial charge in [-0.05, 0) is 43.1 Å². The number of rotatable bonds is 6. The average molecular weight is 263 g/mol. The van der Waals surface area contributed by atoms with Crippen molar-refractivity contribution in [3.05, 3.63) is 22.2 Å². The highest BCUT2D eigenvalue weighted by atomic mass is 16.6. The van der Waals surface area contributed by atoms with Crippen LogP contribution in [0, 0.1) is 21.4 Å². The van der Waals surface area contributed by atoms with Gasteiger partial charge < -0.3 is 10.7 Å². The summed E-state index contributed by atoms with van der Waals surface area (Å²) in [5.41, 5.74) is 2.76. The zero-order valence-electron chi connectivity index (χ0n) is 10.6. The molecule has 4 N–H and O–H groups in total. The third kappa shape index (κ3) is 2.33. The number of hydrazine groups is 1. The highest BCUT2D eigenvalue weighted by Gasteiger charge is 2.53. The molecular weight excluding hydrogens is 246 g/mol. The number of pyridine rings is 1. The molecule has 7 heteroatoms. The van der Waals surface area contributed by atoms with Gasteiger partial charge in [-0.1, -0.05) is 0 Å². The van der Waals surface area contributed by atoms with E-state index in [0.29, 0.717) is 17.1 Å². The normalized spacial score (nSPS) is 19.8. The lowest BCUT2D eigenvalue weighted by Gasteiger charge is -2.15. The Morgan fingerprint density at radius 2 is 2.21 bits per heavy atom. The fourth-order valence-corrected chi connectivity index (χ4v) is 2.65. The third-order valence-electron chi connectivity index (χ3n) is 4.16. The summed E-state index contributed by atoms with van der Waals surface area (Å²) in [4.78, 5) is 14.7. The number of hydrogen-bond donors (Lipinski definition) is 3. The molecule has 7 nitrogen and oxygen atoms in total. The molecule has 1 heterocycles. The van der Waals surface area contributed by atoms with Gasteiger partial charge in [0.25, 0.3) is 0 Å². The fourth-order valence-electron chi connectivity index (χ4n) is 2.65. The van der Waals surface area contributed by atoms with Crippen LogP contribution in [0.1, 0.15) is 25.7 Å². The molecule has 2 aliphatic rings. The number of nitrogens with one attached hydrogen (secondary N) is 2. The Hall–Kier alpha value is -1.89. The van der Waals surface area contributed by atoms with Crippen molar-refractivity contribution < 1.29 is 4.92 Å². The maximum Gasteiger partial charge on any atom is 0.311 e. The molecule has 1 aromatic rings. The van der Waals surface area contributed by atoms with Gasteiger partial charge in [-0.3, -0.25) is 10.1 Å². The van der Waals surface area contributed by atoms with Crippen LogP contribution in [0.4, 0.5) is 17.3 Å². The summed E-state index contributed by atoms with van der Waals surface area (Å²) >= 11 is 0. The van der Waals surface area contributed by atoms with Gasteiger partial charge in [-0.2, -0.15) is 0 Å². The van der Waals surface area contributed by atoms with E-state index in [0.717, 1.165) is 12.5 Å². The Bertz CT molecular complexity index is 511. The Balaban J connectivity index is 1.76. The Morgan fingerprint density at radius 3 is 2.74 bits per heavy atom. The van der Waals surface area contributed by atoms with Gasteiger partial charge in [0.05, 0.1) is 4.92 Å². The van der Waals surface area contributed by atoms with Crippen molar-refractivity contribution in [1.82, 2.24) is 4.98 Å². The predicted molar refractivity (Wildman–Crippen MR) is 71.6 cm³/mol. The first-order valence-corrected chi connectivity index (χ1v) is 6.50. The van der Waals surface area contributed by atoms with Crippen molar-refractivity contribution >= 4 is 17.3 Å². The van der Waals surface area contributed by atoms with Crippen molar-refractivity contribution in [2.45, 2.75) is 25.7 Å². The number of nitrogens with two attached hydrogens (primary N) is 1. The van der Waals surface area contributed by atoms with Crippen LogP contribution in [0.3, 0.4) is 0 Å². The standard InChI is InChI=1S/C12H17N5O2/c13-16-10-4-3-9(17(18)19)11(15-10)14-7-12(5-6-12)8-1-2-8/h3-4,8H,1-2,5-7,13H2,(H2,14,15,16). The molecule has 0 atom stereocenters. The molecule has 0 aromatic carbocycles. The topological polar surface area (TPSA) is 106 Å². The van der Waals surface area contributed by atoms with Gasteiger partial charge in [0.15, 0.2) is 0 Å². The van der Waals surface area contributed by atoms with E-state index in [1.165, 1.54) is 37.8 Å². The molecule has 0 aliphatic heterocycles. The highest BCUT2D eigenvalue weighted by Crippen LogP contribution is 2.61. The first-order chi connectivity index (χ1) is 9.14. The largest absolute Gasteiger partial charge is 0.364 e. The van der Waals surface area contributed by atoms with Crippen LogP contribution in [0.5, 0.6) is 0 Å². The van der Waals surface area contributed by atoms with Crippen molar-refractivity contribution in [2.24, 2.45) is 17.2 Å². The second kappa shape index (κ2) is 4.34. The van der Waals surface area contributed by atoms with Crippen LogP contribution >= 0.6 is 0 Å². The van der Waals surface area contributed by atoms with Crippen LogP contribution in [-0.4, -0.2) is 16.5 Å². The lowest BCUT2D eigenvalue weighted by Crippen LogP contribution is -2.19. The number of hydrogen-bond acceptors (Lipinski definition) is 6. The maximum atomic E-state index is 11.0. The lowest BCUT2D eigenvalue weighted by molar-refractivity contribution is -0.384. The van der Waals surface area contributed by atoms with Crippen LogP contribution in [0.15, 0.2) is 12.1 Å². The molecule has 0 radical (unpaired) electrons. The fraction of sp³-hybridized carbons (Fsp3) is 0.583. The molecule has 0 saturated heterocycles. The van der Waals surface area contributed by atoms with E-state index < -0.39 is 4.92 Å². The Labute approximate surface area is 110 Å². The quantitative estimate of drug-likeness (QED) is 0.411. The van der Waals surface area contributed by atoms with E-state index in [4.69, 9.17) is 5.84 Å². The van der Waals surface area contributed by atoms with E-state index in [1.807, 2.05) is 0 Å². The van der Waals surface area contributed by atoms with Crippen molar-refractivity contribution in [3.63, 3.8) is 0 Å². The van der Waals surface area contributed by atoms with Gasteiger partial charge in [-0.15, -0.1) is 0 Å². The summed E-state index contributed by atoms with van der Waals surface area (Å²) in [6.45, 7) is 0.763. The van der Waals surface area contributed by atoms with Crippen LogP contribution in [-0.2, 0) is 0 Å². The summed E-state index contributed by atoms with van der Waals surface area (Å²) in [5, 5.41) is 14.1. The van der Waals surface area contributed by atoms with Crippen molar-refractivity contribution in [3.8, 4) is 0 Å². The molecule has 0 spiro atoms. The van der Waals surface area contributed by atoms with Gasteiger partial charge in [0.1, 0.15) is 5.82 Å². The summed E-state index contributed by atoms with van der Waals surface area (Å²) in [5.74, 6) is 6.81. The third-order valence-corrected chi connectivity index (χ3v) is 4.16. The second-order valence-corrected chi connectivity index (χ2v) is 5.46. The van der Waals surface area contributed by atoms with E-state index >= 15 is 0 Å². The molecule has 0 unspecified atom stereocenters. The van der Waals surface area contributed by atoms with E-state index in [1.54, 1.807) is 0 Å². The molecule has 0 bridgehead atoms. The first kappa shape index (κ1) is 12.2. The molecule has 3 rings (SSSR count). The number of nitrogen functional groups attached to an aromatic ring is 1. The second-order valence-electron chi connectivity index (χ2n) is 5.46. The van der Waals surface area contributed by atoms with E-state index in [2.05, 4.69) is 15.7 Å². The smallest absolute Gasteiger partial charge is 0.311 e. The summed E-state index contributed by atoms with van der Waals surface area (Å²) in [6.07, 6.45) is 5.02. The van der Waals surface area contributed by atoms with Gasteiger partial charge in [-0.25, -0.2) is 10.8 Å². The minimum absolute atomic E-state index is 0.00871. The number of aromatic nitrogens is 1. The number of nitrogens with zero attached hydrogens (tertiary/aromatic N) is 2. The average Bonchev–Trinajstić information content (AvgIpc) is 3.28. The molecule has 1 aromatic heterocycles. The summed E-state index contributed by atoms with van der Waals surface area (Å²) in [7, 11) is 0. The van der Waals surface area contributed by atoms with E-state index in [-0.39, 0.29) is 5.69 Å². The summed E-state index contributed by atoms with van der Waals surface area (Å²) in [6, 6.07) is 2.91. The van der Waals surface area contributed by atoms with E-state index in [9.17, 15) is 10.1 Å². The molecule has 0 amide bonds. The predicted octanol–water partition coefficient (Wildman–Crippen LogP) is 1.88. The molecule has 102 valence electrons. The SMILES string of the molecule is NNc1ccc([N+](=O)[O-])c(NCC2(C3CC3)CC2)n1. The lowest BCUT2D eigenvalue weighted by atomic mass is 10.0. The molecule has 19 heavy (non-hydrogen) atoms. The minimum atomic E-state index is -0.424. The van der Waals surface area contributed by atoms with Gasteiger partial charge >= 0.3 is 5.69 Å². The number of nitro groups is 1. The molecule has 2 saturated carbocycles. The zero-order chi connectivity index (χ0) is 13.5. The van der Waals surface area contributed by atoms with Gasteiger partial charge in [0.2, 0.25) is 5.82 Å². The van der Waals surface area contributed by atoms with Crippen LogP contribution < -0.4 is 16.6 Å². The highest BCUT2D eigenvalue weighted by molar-refractivity contribution is 5.60. The van der Waals surface area contributed by atoms with Crippen molar-refractivity contribution in [2.75, 3.05) is 17.3 Å². The van der Waals surface area contributed by atoms with Crippen LogP contribution in [0.25, 0.3) is 0 Å². The zero-order valence-corrected chi connectivity index (χ0v) is 10.6. The minimum Gasteiger partial charge on any atom is -0.364 e. The van der Waals surface area contributed by atoms with Gasteiger partial charge in [0, 0.05) is 12.6 Å². The Morgan fingerprint density at radius 1 is 1.47 bits per heavy atom. The molecule has 2 fully saturated rings. The number of anilines is 2. The Kier molecular flexibility index (Phi) is 2.78. The van der Waals surface area contributed by atoms with Crippen molar-refractivity contribution in [1.29, 1.82) is 0 Å². The monoisotopic (exact) mass is 263 g/mol. The first-order valence-electron chi connectivity index (χ1n) is 6.50. The van der Waals surface area contributed by atoms with Crippen LogP contribution in [0.2, 0.25) is 0 Å². The molecular formula is C12H17N5O2. The summed E-state index contributed by atoms with van der Waals surface area (Å²) < 4.78 is 0. The maximum absolute atomic E-state index is 11.0. The molecule has 2 aliphatic carbocycles.